The highest BCUT2D eigenvalue weighted by Crippen LogP contribution is 2.30. The second-order valence-electron chi connectivity index (χ2n) is 6.36. The van der Waals surface area contributed by atoms with E-state index >= 15 is 0 Å². The molecule has 1 N–H and O–H groups in total. The zero-order valence-electron chi connectivity index (χ0n) is 11.2. The van der Waals surface area contributed by atoms with Crippen LogP contribution in [0.15, 0.2) is 0 Å². The predicted octanol–water partition coefficient (Wildman–Crippen LogP) is 1.01. The Morgan fingerprint density at radius 1 is 1.18 bits per heavy atom. The van der Waals surface area contributed by atoms with Gasteiger partial charge in [0.1, 0.15) is 0 Å². The van der Waals surface area contributed by atoms with Crippen molar-refractivity contribution in [3.63, 3.8) is 0 Å². The quantitative estimate of drug-likeness (QED) is 0.773. The molecular formula is C14H27N3. The molecule has 98 valence electrons. The van der Waals surface area contributed by atoms with Crippen molar-refractivity contribution in [1.82, 2.24) is 15.1 Å². The fourth-order valence-electron chi connectivity index (χ4n) is 4.13. The largest absolute Gasteiger partial charge is 0.316 e. The monoisotopic (exact) mass is 237 g/mol. The van der Waals surface area contributed by atoms with Gasteiger partial charge in [-0.2, -0.15) is 0 Å². The van der Waals surface area contributed by atoms with Gasteiger partial charge in [0.05, 0.1) is 0 Å². The molecule has 3 aliphatic heterocycles. The van der Waals surface area contributed by atoms with Crippen LogP contribution in [-0.2, 0) is 0 Å². The molecule has 0 bridgehead atoms. The molecule has 0 aromatic rings. The van der Waals surface area contributed by atoms with E-state index in [1.807, 2.05) is 0 Å². The molecule has 3 aliphatic rings. The van der Waals surface area contributed by atoms with Crippen molar-refractivity contribution in [2.24, 2.45) is 11.8 Å². The lowest BCUT2D eigenvalue weighted by Gasteiger charge is -2.46. The molecular weight excluding hydrogens is 210 g/mol. The van der Waals surface area contributed by atoms with Crippen LogP contribution in [0.25, 0.3) is 0 Å². The third-order valence-corrected chi connectivity index (χ3v) is 5.11. The number of likely N-dealkylation sites (tertiary alicyclic amines) is 2. The molecule has 0 aromatic heterocycles. The van der Waals surface area contributed by atoms with Gasteiger partial charge in [-0.15, -0.1) is 0 Å². The zero-order chi connectivity index (χ0) is 11.7. The van der Waals surface area contributed by atoms with Gasteiger partial charge in [0, 0.05) is 19.1 Å². The average molecular weight is 237 g/mol. The van der Waals surface area contributed by atoms with Crippen molar-refractivity contribution in [3.05, 3.63) is 0 Å². The molecule has 17 heavy (non-hydrogen) atoms. The summed E-state index contributed by atoms with van der Waals surface area (Å²) < 4.78 is 0. The molecule has 3 saturated heterocycles. The second-order valence-corrected chi connectivity index (χ2v) is 6.36. The summed E-state index contributed by atoms with van der Waals surface area (Å²) >= 11 is 0. The summed E-state index contributed by atoms with van der Waals surface area (Å²) in [6, 6.07) is 0.890. The second kappa shape index (κ2) is 5.25. The van der Waals surface area contributed by atoms with Gasteiger partial charge in [-0.05, 0) is 70.7 Å². The lowest BCUT2D eigenvalue weighted by atomic mass is 9.84. The summed E-state index contributed by atoms with van der Waals surface area (Å²) in [6.07, 6.45) is 5.68. The molecule has 0 radical (unpaired) electrons. The molecule has 3 rings (SSSR count). The van der Waals surface area contributed by atoms with Crippen molar-refractivity contribution in [2.45, 2.75) is 31.7 Å². The molecule has 3 nitrogen and oxygen atoms in total. The maximum Gasteiger partial charge on any atom is 0.0145 e. The lowest BCUT2D eigenvalue weighted by Crippen LogP contribution is -2.53. The lowest BCUT2D eigenvalue weighted by molar-refractivity contribution is 0.0335. The zero-order valence-corrected chi connectivity index (χ0v) is 11.2. The van der Waals surface area contributed by atoms with E-state index in [9.17, 15) is 0 Å². The number of hydrogen-bond acceptors (Lipinski definition) is 3. The number of nitrogens with one attached hydrogen (secondary N) is 1. The topological polar surface area (TPSA) is 18.5 Å². The van der Waals surface area contributed by atoms with Crippen molar-refractivity contribution in [2.75, 3.05) is 46.3 Å². The Kier molecular flexibility index (Phi) is 3.69. The first kappa shape index (κ1) is 11.9. The van der Waals surface area contributed by atoms with Gasteiger partial charge in [-0.3, -0.25) is 0 Å². The molecule has 3 heterocycles. The molecule has 3 heteroatoms. The van der Waals surface area contributed by atoms with Crippen LogP contribution in [0.1, 0.15) is 25.7 Å². The minimum absolute atomic E-state index is 0.890. The minimum atomic E-state index is 0.890. The molecule has 3 unspecified atom stereocenters. The van der Waals surface area contributed by atoms with E-state index in [4.69, 9.17) is 0 Å². The third-order valence-electron chi connectivity index (χ3n) is 5.11. The molecule has 3 atom stereocenters. The van der Waals surface area contributed by atoms with E-state index in [0.29, 0.717) is 0 Å². The Morgan fingerprint density at radius 2 is 2.12 bits per heavy atom. The predicted molar refractivity (Wildman–Crippen MR) is 71.2 cm³/mol. The highest BCUT2D eigenvalue weighted by atomic mass is 15.2. The summed E-state index contributed by atoms with van der Waals surface area (Å²) in [7, 11) is 2.33. The maximum absolute atomic E-state index is 3.49. The van der Waals surface area contributed by atoms with Crippen molar-refractivity contribution in [3.8, 4) is 0 Å². The van der Waals surface area contributed by atoms with Gasteiger partial charge in [0.25, 0.3) is 0 Å². The molecule has 0 spiro atoms. The number of hydrogen-bond donors (Lipinski definition) is 1. The number of nitrogens with zero attached hydrogens (tertiary/aromatic N) is 2. The van der Waals surface area contributed by atoms with Crippen LogP contribution in [0.4, 0.5) is 0 Å². The van der Waals surface area contributed by atoms with Crippen LogP contribution >= 0.6 is 0 Å². The van der Waals surface area contributed by atoms with Gasteiger partial charge >= 0.3 is 0 Å². The van der Waals surface area contributed by atoms with Crippen LogP contribution in [0.2, 0.25) is 0 Å². The van der Waals surface area contributed by atoms with Gasteiger partial charge in [0.15, 0.2) is 0 Å². The van der Waals surface area contributed by atoms with Crippen LogP contribution in [0.3, 0.4) is 0 Å². The first-order valence-electron chi connectivity index (χ1n) is 7.46. The van der Waals surface area contributed by atoms with E-state index in [0.717, 1.165) is 17.9 Å². The molecule has 0 amide bonds. The fourth-order valence-corrected chi connectivity index (χ4v) is 4.13. The van der Waals surface area contributed by atoms with Gasteiger partial charge in [-0.25, -0.2) is 0 Å². The molecule has 0 aromatic carbocycles. The van der Waals surface area contributed by atoms with E-state index < -0.39 is 0 Å². The van der Waals surface area contributed by atoms with Crippen molar-refractivity contribution in [1.29, 1.82) is 0 Å². The van der Waals surface area contributed by atoms with Crippen molar-refractivity contribution < 1.29 is 0 Å². The van der Waals surface area contributed by atoms with Gasteiger partial charge in [0.2, 0.25) is 0 Å². The molecule has 0 saturated carbocycles. The summed E-state index contributed by atoms with van der Waals surface area (Å²) in [5, 5.41) is 3.49. The number of fused-ring (bicyclic) bond motifs is 1. The fraction of sp³-hybridized carbons (Fsp3) is 1.00. The van der Waals surface area contributed by atoms with Gasteiger partial charge < -0.3 is 15.1 Å². The Labute approximate surface area is 106 Å². The Balaban J connectivity index is 1.52. The SMILES string of the molecule is CN1CCCC2CN(CC3CCNC3)CCC21. The molecule has 3 fully saturated rings. The van der Waals surface area contributed by atoms with E-state index in [1.165, 1.54) is 65.0 Å². The Hall–Kier alpha value is -0.120. The highest BCUT2D eigenvalue weighted by Gasteiger charge is 2.34. The minimum Gasteiger partial charge on any atom is -0.316 e. The number of rotatable bonds is 2. The molecule has 0 aliphatic carbocycles. The Morgan fingerprint density at radius 3 is 2.94 bits per heavy atom. The standard InChI is InChI=1S/C14H27N3/c1-16-7-2-3-13-11-17(8-5-14(13)16)10-12-4-6-15-9-12/h12-15H,2-11H2,1H3. The highest BCUT2D eigenvalue weighted by molar-refractivity contribution is 4.90. The first-order valence-corrected chi connectivity index (χ1v) is 7.46. The third kappa shape index (κ3) is 2.67. The number of piperidine rings is 2. The van der Waals surface area contributed by atoms with E-state index in [2.05, 4.69) is 22.2 Å². The first-order chi connectivity index (χ1) is 8.33. The smallest absolute Gasteiger partial charge is 0.0145 e. The summed E-state index contributed by atoms with van der Waals surface area (Å²) in [6.45, 7) is 7.87. The van der Waals surface area contributed by atoms with E-state index in [1.54, 1.807) is 0 Å². The average Bonchev–Trinajstić information content (AvgIpc) is 2.82. The van der Waals surface area contributed by atoms with Crippen LogP contribution in [-0.4, -0.2) is 62.2 Å². The summed E-state index contributed by atoms with van der Waals surface area (Å²) in [5.41, 5.74) is 0. The maximum atomic E-state index is 3.49. The summed E-state index contributed by atoms with van der Waals surface area (Å²) in [5.74, 6) is 1.88. The summed E-state index contributed by atoms with van der Waals surface area (Å²) in [4.78, 5) is 5.36. The van der Waals surface area contributed by atoms with Crippen molar-refractivity contribution >= 4 is 0 Å². The van der Waals surface area contributed by atoms with E-state index in [-0.39, 0.29) is 0 Å². The normalized spacial score (nSPS) is 40.4. The van der Waals surface area contributed by atoms with Crippen LogP contribution in [0.5, 0.6) is 0 Å². The van der Waals surface area contributed by atoms with Crippen LogP contribution < -0.4 is 5.32 Å². The Bertz CT molecular complexity index is 250. The van der Waals surface area contributed by atoms with Crippen LogP contribution in [0, 0.1) is 11.8 Å². The van der Waals surface area contributed by atoms with Gasteiger partial charge in [-0.1, -0.05) is 0 Å².